The molecule has 0 aromatic heterocycles. The summed E-state index contributed by atoms with van der Waals surface area (Å²) in [6.45, 7) is 0. The van der Waals surface area contributed by atoms with Crippen LogP contribution in [0.3, 0.4) is 0 Å². The quantitative estimate of drug-likeness (QED) is 0.643. The number of hydrogen-bond donors (Lipinski definition) is 1. The fourth-order valence-electron chi connectivity index (χ4n) is 1.08. The molecule has 0 spiro atoms. The van der Waals surface area contributed by atoms with Crippen molar-refractivity contribution in [3.05, 3.63) is 27.7 Å². The van der Waals surface area contributed by atoms with Crippen LogP contribution in [0, 0.1) is 0 Å². The van der Waals surface area contributed by atoms with Gasteiger partial charge in [-0.1, -0.05) is 15.9 Å². The lowest BCUT2D eigenvalue weighted by atomic mass is 10.1. The molecule has 2 nitrogen and oxygen atoms in total. The topological polar surface area (TPSA) is 37.3 Å². The standard InChI is InChI=1S/C9H5Br2F3O2/c10-3-6(15)4-1-2-5(9(12,13)14)8(16)7(4)11/h1-2,16H,3H2. The van der Waals surface area contributed by atoms with Crippen molar-refractivity contribution in [1.29, 1.82) is 0 Å². The molecule has 0 aliphatic heterocycles. The predicted molar refractivity (Wildman–Crippen MR) is 58.9 cm³/mol. The first-order valence-corrected chi connectivity index (χ1v) is 5.88. The van der Waals surface area contributed by atoms with Gasteiger partial charge in [0, 0.05) is 5.56 Å². The van der Waals surface area contributed by atoms with Crippen LogP contribution in [0.25, 0.3) is 0 Å². The molecule has 1 rings (SSSR count). The number of alkyl halides is 4. The Morgan fingerprint density at radius 3 is 2.38 bits per heavy atom. The highest BCUT2D eigenvalue weighted by Crippen LogP contribution is 2.41. The van der Waals surface area contributed by atoms with Crippen LogP contribution in [0.4, 0.5) is 13.2 Å². The molecule has 0 fully saturated rings. The summed E-state index contributed by atoms with van der Waals surface area (Å²) in [5.74, 6) is -1.39. The number of phenols is 1. The highest BCUT2D eigenvalue weighted by molar-refractivity contribution is 9.10. The monoisotopic (exact) mass is 360 g/mol. The highest BCUT2D eigenvalue weighted by Gasteiger charge is 2.35. The number of benzene rings is 1. The molecule has 1 N–H and O–H groups in total. The summed E-state index contributed by atoms with van der Waals surface area (Å²) in [6, 6.07) is 1.70. The summed E-state index contributed by atoms with van der Waals surface area (Å²) in [4.78, 5) is 11.3. The molecule has 16 heavy (non-hydrogen) atoms. The summed E-state index contributed by atoms with van der Waals surface area (Å²) >= 11 is 5.67. The van der Waals surface area contributed by atoms with E-state index in [0.29, 0.717) is 6.07 Å². The molecule has 7 heteroatoms. The van der Waals surface area contributed by atoms with Crippen molar-refractivity contribution in [3.8, 4) is 5.75 Å². The average molecular weight is 362 g/mol. The molecule has 0 unspecified atom stereocenters. The summed E-state index contributed by atoms with van der Waals surface area (Å²) in [6.07, 6.45) is -4.65. The molecule has 1 aromatic carbocycles. The van der Waals surface area contributed by atoms with Gasteiger partial charge in [-0.25, -0.2) is 0 Å². The second kappa shape index (κ2) is 4.75. The molecule has 88 valence electrons. The van der Waals surface area contributed by atoms with E-state index in [-0.39, 0.29) is 15.4 Å². The van der Waals surface area contributed by atoms with Gasteiger partial charge in [-0.15, -0.1) is 0 Å². The Morgan fingerprint density at radius 1 is 1.38 bits per heavy atom. The Kier molecular flexibility index (Phi) is 4.01. The van der Waals surface area contributed by atoms with E-state index in [2.05, 4.69) is 31.9 Å². The molecule has 0 saturated carbocycles. The van der Waals surface area contributed by atoms with Crippen LogP contribution in [0.15, 0.2) is 16.6 Å². The van der Waals surface area contributed by atoms with E-state index < -0.39 is 23.3 Å². The molecular weight excluding hydrogens is 357 g/mol. The first-order valence-electron chi connectivity index (χ1n) is 3.97. The lowest BCUT2D eigenvalue weighted by Crippen LogP contribution is -2.08. The Bertz CT molecular complexity index is 429. The van der Waals surface area contributed by atoms with E-state index in [0.717, 1.165) is 6.07 Å². The SMILES string of the molecule is O=C(CBr)c1ccc(C(F)(F)F)c(O)c1Br. The van der Waals surface area contributed by atoms with Crippen LogP contribution in [0.2, 0.25) is 0 Å². The van der Waals surface area contributed by atoms with E-state index in [1.165, 1.54) is 0 Å². The summed E-state index contributed by atoms with van der Waals surface area (Å²) in [7, 11) is 0. The van der Waals surface area contributed by atoms with Gasteiger partial charge in [0.1, 0.15) is 5.75 Å². The number of carbonyl (C=O) groups excluding carboxylic acids is 1. The second-order valence-electron chi connectivity index (χ2n) is 2.88. The van der Waals surface area contributed by atoms with Gasteiger partial charge in [0.05, 0.1) is 15.4 Å². The van der Waals surface area contributed by atoms with Gasteiger partial charge >= 0.3 is 6.18 Å². The van der Waals surface area contributed by atoms with Crippen LogP contribution < -0.4 is 0 Å². The van der Waals surface area contributed by atoms with Crippen molar-refractivity contribution in [3.63, 3.8) is 0 Å². The lowest BCUT2D eigenvalue weighted by molar-refractivity contribution is -0.138. The van der Waals surface area contributed by atoms with Crippen molar-refractivity contribution < 1.29 is 23.1 Å². The van der Waals surface area contributed by atoms with Crippen LogP contribution in [0.5, 0.6) is 5.75 Å². The molecule has 0 bridgehead atoms. The normalized spacial score (nSPS) is 11.6. The van der Waals surface area contributed by atoms with Gasteiger partial charge in [-0.2, -0.15) is 13.2 Å². The van der Waals surface area contributed by atoms with Crippen molar-refractivity contribution >= 4 is 37.6 Å². The van der Waals surface area contributed by atoms with Crippen LogP contribution in [-0.4, -0.2) is 16.2 Å². The van der Waals surface area contributed by atoms with Gasteiger partial charge < -0.3 is 5.11 Å². The fraction of sp³-hybridized carbons (Fsp3) is 0.222. The smallest absolute Gasteiger partial charge is 0.419 e. The largest absolute Gasteiger partial charge is 0.506 e. The average Bonchev–Trinajstić information content (AvgIpc) is 2.19. The van der Waals surface area contributed by atoms with Crippen molar-refractivity contribution in [2.45, 2.75) is 6.18 Å². The minimum Gasteiger partial charge on any atom is -0.506 e. The molecular formula is C9H5Br2F3O2. The lowest BCUT2D eigenvalue weighted by Gasteiger charge is -2.12. The molecule has 0 aliphatic carbocycles. The molecule has 0 heterocycles. The third-order valence-corrected chi connectivity index (χ3v) is 3.16. The first-order chi connectivity index (χ1) is 7.29. The van der Waals surface area contributed by atoms with Crippen molar-refractivity contribution in [1.82, 2.24) is 0 Å². The Morgan fingerprint density at radius 2 is 1.94 bits per heavy atom. The number of phenolic OH excluding ortho intramolecular Hbond substituents is 1. The van der Waals surface area contributed by atoms with E-state index in [1.807, 2.05) is 0 Å². The van der Waals surface area contributed by atoms with Crippen LogP contribution in [0.1, 0.15) is 15.9 Å². The fourth-order valence-corrected chi connectivity index (χ4v) is 1.95. The molecule has 0 radical (unpaired) electrons. The zero-order chi connectivity index (χ0) is 12.5. The maximum Gasteiger partial charge on any atom is 0.419 e. The van der Waals surface area contributed by atoms with Gasteiger partial charge in [-0.3, -0.25) is 4.79 Å². The maximum absolute atomic E-state index is 12.4. The highest BCUT2D eigenvalue weighted by atomic mass is 79.9. The van der Waals surface area contributed by atoms with E-state index in [1.54, 1.807) is 0 Å². The number of carbonyl (C=O) groups is 1. The van der Waals surface area contributed by atoms with Gasteiger partial charge in [0.25, 0.3) is 0 Å². The Balaban J connectivity index is 3.35. The van der Waals surface area contributed by atoms with Gasteiger partial charge in [-0.05, 0) is 28.1 Å². The minimum atomic E-state index is -4.65. The number of ketones is 1. The third-order valence-electron chi connectivity index (χ3n) is 1.84. The zero-order valence-corrected chi connectivity index (χ0v) is 10.8. The van der Waals surface area contributed by atoms with Gasteiger partial charge in [0.2, 0.25) is 0 Å². The number of Topliss-reactive ketones (excluding diaryl/α,β-unsaturated/α-hetero) is 1. The van der Waals surface area contributed by atoms with Crippen LogP contribution >= 0.6 is 31.9 Å². The zero-order valence-electron chi connectivity index (χ0n) is 7.61. The Hall–Kier alpha value is -0.560. The maximum atomic E-state index is 12.4. The first kappa shape index (κ1) is 13.5. The van der Waals surface area contributed by atoms with Crippen LogP contribution in [-0.2, 0) is 6.18 Å². The van der Waals surface area contributed by atoms with Crippen molar-refractivity contribution in [2.24, 2.45) is 0 Å². The van der Waals surface area contributed by atoms with E-state index >= 15 is 0 Å². The summed E-state index contributed by atoms with van der Waals surface area (Å²) in [5, 5.41) is 9.29. The predicted octanol–water partition coefficient (Wildman–Crippen LogP) is 3.75. The van der Waals surface area contributed by atoms with Gasteiger partial charge in [0.15, 0.2) is 5.78 Å². The summed E-state index contributed by atoms with van der Waals surface area (Å²) in [5.41, 5.74) is -1.17. The molecule has 1 aromatic rings. The van der Waals surface area contributed by atoms with E-state index in [9.17, 15) is 23.1 Å². The molecule has 0 amide bonds. The van der Waals surface area contributed by atoms with Crippen molar-refractivity contribution in [2.75, 3.05) is 5.33 Å². The number of hydrogen-bond acceptors (Lipinski definition) is 2. The Labute approximate surface area is 106 Å². The number of aromatic hydroxyl groups is 1. The van der Waals surface area contributed by atoms with E-state index in [4.69, 9.17) is 0 Å². The second-order valence-corrected chi connectivity index (χ2v) is 4.23. The third kappa shape index (κ3) is 2.57. The summed E-state index contributed by atoms with van der Waals surface area (Å²) < 4.78 is 36.9. The molecule has 0 saturated heterocycles. The molecule has 0 atom stereocenters. The minimum absolute atomic E-state index is 0.00220. The number of rotatable bonds is 2. The molecule has 0 aliphatic rings. The number of halogens is 5.